The monoisotopic (exact) mass is 212 g/mol. The van der Waals surface area contributed by atoms with Crippen LogP contribution in [0.5, 0.6) is 0 Å². The number of para-hydroxylation sites is 1. The molecule has 1 N–H and O–H groups in total. The van der Waals surface area contributed by atoms with E-state index in [4.69, 9.17) is 0 Å². The van der Waals surface area contributed by atoms with E-state index in [1.165, 1.54) is 30.2 Å². The van der Waals surface area contributed by atoms with E-state index < -0.39 is 0 Å². The molecule has 2 nitrogen and oxygen atoms in total. The standard InChI is InChI=1S/C14H16N2/c1-16-12-5-3-2-4-10(12)14-11-7-6-9(15-11)8-13(14)16/h2-5,9,11,15H,6-8H2,1H3. The summed E-state index contributed by atoms with van der Waals surface area (Å²) in [4.78, 5) is 0. The molecule has 2 aromatic rings. The minimum Gasteiger partial charge on any atom is -0.347 e. The molecular formula is C14H16N2. The van der Waals surface area contributed by atoms with E-state index in [-0.39, 0.29) is 0 Å². The van der Waals surface area contributed by atoms with Crippen molar-refractivity contribution in [1.82, 2.24) is 9.88 Å². The smallest absolute Gasteiger partial charge is 0.0483 e. The maximum absolute atomic E-state index is 3.74. The maximum Gasteiger partial charge on any atom is 0.0483 e. The molecular weight excluding hydrogens is 196 g/mol. The van der Waals surface area contributed by atoms with E-state index in [9.17, 15) is 0 Å². The molecule has 2 aliphatic rings. The van der Waals surface area contributed by atoms with Crippen molar-refractivity contribution < 1.29 is 0 Å². The van der Waals surface area contributed by atoms with E-state index in [2.05, 4.69) is 41.2 Å². The van der Waals surface area contributed by atoms with Crippen LogP contribution < -0.4 is 5.32 Å². The first-order valence-electron chi connectivity index (χ1n) is 6.17. The summed E-state index contributed by atoms with van der Waals surface area (Å²) in [6.07, 6.45) is 3.86. The van der Waals surface area contributed by atoms with Crippen molar-refractivity contribution in [2.45, 2.75) is 31.3 Å². The number of hydrogen-bond acceptors (Lipinski definition) is 1. The fourth-order valence-corrected chi connectivity index (χ4v) is 3.55. The number of rotatable bonds is 0. The highest BCUT2D eigenvalue weighted by molar-refractivity contribution is 5.86. The molecule has 2 atom stereocenters. The van der Waals surface area contributed by atoms with Gasteiger partial charge < -0.3 is 9.88 Å². The van der Waals surface area contributed by atoms with Gasteiger partial charge in [0.25, 0.3) is 0 Å². The average Bonchev–Trinajstić information content (AvgIpc) is 2.82. The van der Waals surface area contributed by atoms with Crippen molar-refractivity contribution in [3.8, 4) is 0 Å². The van der Waals surface area contributed by atoms with E-state index in [1.807, 2.05) is 0 Å². The van der Waals surface area contributed by atoms with Gasteiger partial charge in [-0.05, 0) is 24.5 Å². The van der Waals surface area contributed by atoms with Crippen LogP contribution in [0.2, 0.25) is 0 Å². The van der Waals surface area contributed by atoms with Crippen LogP contribution in [-0.4, -0.2) is 10.6 Å². The SMILES string of the molecule is Cn1c2c(c3ccccc31)C1CCC(C2)N1. The molecule has 2 unspecified atom stereocenters. The van der Waals surface area contributed by atoms with Gasteiger partial charge in [-0.2, -0.15) is 0 Å². The summed E-state index contributed by atoms with van der Waals surface area (Å²) in [5.41, 5.74) is 4.53. The summed E-state index contributed by atoms with van der Waals surface area (Å²) < 4.78 is 2.40. The van der Waals surface area contributed by atoms with Gasteiger partial charge in [0.2, 0.25) is 0 Å². The number of benzene rings is 1. The van der Waals surface area contributed by atoms with Gasteiger partial charge in [-0.25, -0.2) is 0 Å². The number of fused-ring (bicyclic) bond motifs is 6. The Kier molecular flexibility index (Phi) is 1.59. The van der Waals surface area contributed by atoms with Crippen molar-refractivity contribution in [2.24, 2.45) is 7.05 Å². The minimum atomic E-state index is 0.611. The highest BCUT2D eigenvalue weighted by Crippen LogP contribution is 2.41. The van der Waals surface area contributed by atoms with Gasteiger partial charge in [0, 0.05) is 42.1 Å². The molecule has 0 aliphatic carbocycles. The molecule has 2 bridgehead atoms. The molecule has 1 aromatic heterocycles. The molecule has 0 radical (unpaired) electrons. The summed E-state index contributed by atoms with van der Waals surface area (Å²) in [5.74, 6) is 0. The number of aryl methyl sites for hydroxylation is 1. The lowest BCUT2D eigenvalue weighted by Gasteiger charge is -2.23. The van der Waals surface area contributed by atoms with Crippen LogP contribution >= 0.6 is 0 Å². The zero-order chi connectivity index (χ0) is 10.7. The van der Waals surface area contributed by atoms with Gasteiger partial charge in [0.05, 0.1) is 0 Å². The average molecular weight is 212 g/mol. The fraction of sp³-hybridized carbons (Fsp3) is 0.429. The number of hydrogen-bond donors (Lipinski definition) is 1. The summed E-state index contributed by atoms with van der Waals surface area (Å²) in [5, 5.41) is 5.19. The predicted octanol–water partition coefficient (Wildman–Crippen LogP) is 2.53. The van der Waals surface area contributed by atoms with Crippen molar-refractivity contribution in [3.63, 3.8) is 0 Å². The second kappa shape index (κ2) is 2.89. The third kappa shape index (κ3) is 0.957. The quantitative estimate of drug-likeness (QED) is 0.710. The van der Waals surface area contributed by atoms with Crippen LogP contribution in [0, 0.1) is 0 Å². The molecule has 1 fully saturated rings. The van der Waals surface area contributed by atoms with Crippen LogP contribution in [0.3, 0.4) is 0 Å². The Morgan fingerprint density at radius 3 is 3.06 bits per heavy atom. The highest BCUT2D eigenvalue weighted by atomic mass is 15.0. The Morgan fingerprint density at radius 2 is 2.12 bits per heavy atom. The van der Waals surface area contributed by atoms with E-state index >= 15 is 0 Å². The maximum atomic E-state index is 3.74. The van der Waals surface area contributed by atoms with Crippen molar-refractivity contribution >= 4 is 10.9 Å². The third-order valence-corrected chi connectivity index (χ3v) is 4.30. The van der Waals surface area contributed by atoms with Crippen LogP contribution in [-0.2, 0) is 13.5 Å². The van der Waals surface area contributed by atoms with Gasteiger partial charge >= 0.3 is 0 Å². The van der Waals surface area contributed by atoms with E-state index in [1.54, 1.807) is 11.3 Å². The van der Waals surface area contributed by atoms with Crippen LogP contribution in [0.4, 0.5) is 0 Å². The van der Waals surface area contributed by atoms with Gasteiger partial charge in [-0.1, -0.05) is 18.2 Å². The minimum absolute atomic E-state index is 0.611. The van der Waals surface area contributed by atoms with E-state index in [0.29, 0.717) is 6.04 Å². The molecule has 82 valence electrons. The molecule has 2 aliphatic heterocycles. The predicted molar refractivity (Wildman–Crippen MR) is 65.5 cm³/mol. The first-order chi connectivity index (χ1) is 7.84. The van der Waals surface area contributed by atoms with Crippen LogP contribution in [0.1, 0.15) is 30.1 Å². The summed E-state index contributed by atoms with van der Waals surface area (Å²) in [6.45, 7) is 0. The zero-order valence-electron chi connectivity index (χ0n) is 9.53. The third-order valence-electron chi connectivity index (χ3n) is 4.30. The summed E-state index contributed by atoms with van der Waals surface area (Å²) in [6, 6.07) is 10.1. The van der Waals surface area contributed by atoms with Gasteiger partial charge in [-0.15, -0.1) is 0 Å². The first-order valence-corrected chi connectivity index (χ1v) is 6.17. The molecule has 2 heteroatoms. The van der Waals surface area contributed by atoms with Crippen molar-refractivity contribution in [3.05, 3.63) is 35.5 Å². The number of aromatic nitrogens is 1. The Hall–Kier alpha value is -1.28. The van der Waals surface area contributed by atoms with Crippen molar-refractivity contribution in [2.75, 3.05) is 0 Å². The van der Waals surface area contributed by atoms with Gasteiger partial charge in [0.1, 0.15) is 0 Å². The fourth-order valence-electron chi connectivity index (χ4n) is 3.55. The van der Waals surface area contributed by atoms with Crippen LogP contribution in [0.15, 0.2) is 24.3 Å². The second-order valence-electron chi connectivity index (χ2n) is 5.13. The molecule has 0 saturated carbocycles. The molecule has 0 spiro atoms. The van der Waals surface area contributed by atoms with E-state index in [0.717, 1.165) is 6.04 Å². The lowest BCUT2D eigenvalue weighted by atomic mass is 9.99. The largest absolute Gasteiger partial charge is 0.347 e. The van der Waals surface area contributed by atoms with Gasteiger partial charge in [-0.3, -0.25) is 0 Å². The molecule has 3 heterocycles. The molecule has 1 aromatic carbocycles. The Morgan fingerprint density at radius 1 is 1.25 bits per heavy atom. The second-order valence-corrected chi connectivity index (χ2v) is 5.13. The normalized spacial score (nSPS) is 27.3. The lowest BCUT2D eigenvalue weighted by molar-refractivity contribution is 0.504. The topological polar surface area (TPSA) is 17.0 Å². The lowest BCUT2D eigenvalue weighted by Crippen LogP contribution is -2.32. The number of nitrogens with zero attached hydrogens (tertiary/aromatic N) is 1. The van der Waals surface area contributed by atoms with Crippen molar-refractivity contribution in [1.29, 1.82) is 0 Å². The molecule has 16 heavy (non-hydrogen) atoms. The summed E-state index contributed by atoms with van der Waals surface area (Å²) in [7, 11) is 2.21. The summed E-state index contributed by atoms with van der Waals surface area (Å²) >= 11 is 0. The Labute approximate surface area is 95.3 Å². The molecule has 4 rings (SSSR count). The van der Waals surface area contributed by atoms with Crippen LogP contribution in [0.25, 0.3) is 10.9 Å². The zero-order valence-corrected chi connectivity index (χ0v) is 9.53. The Balaban J connectivity index is 2.10. The Bertz CT molecular complexity index is 567. The van der Waals surface area contributed by atoms with Gasteiger partial charge in [0.15, 0.2) is 0 Å². The molecule has 0 amide bonds. The first kappa shape index (κ1) is 8.82. The number of nitrogens with one attached hydrogen (secondary N) is 1. The molecule has 1 saturated heterocycles. The highest BCUT2D eigenvalue weighted by Gasteiger charge is 2.35.